The molecule has 1 fully saturated rings. The molecule has 1 aliphatic rings. The van der Waals surface area contributed by atoms with Gasteiger partial charge in [0, 0.05) is 6.42 Å². The molecule has 1 amide bonds. The number of hydrogen-bond acceptors (Lipinski definition) is 4. The highest BCUT2D eigenvalue weighted by atomic mass is 32.1. The highest BCUT2D eigenvalue weighted by Crippen LogP contribution is 2.30. The van der Waals surface area contributed by atoms with Gasteiger partial charge in [-0.05, 0) is 30.5 Å². The Morgan fingerprint density at radius 1 is 1.14 bits per heavy atom. The van der Waals surface area contributed by atoms with Gasteiger partial charge in [0.1, 0.15) is 13.1 Å². The Bertz CT molecular complexity index is 951. The average Bonchev–Trinajstić information content (AvgIpc) is 3.19. The maximum absolute atomic E-state index is 13.2. The van der Waals surface area contributed by atoms with Gasteiger partial charge in [0.2, 0.25) is 5.91 Å². The molecule has 0 spiro atoms. The summed E-state index contributed by atoms with van der Waals surface area (Å²) in [4.78, 5) is 21.5. The molecule has 0 radical (unpaired) electrons. The van der Waals surface area contributed by atoms with Gasteiger partial charge in [-0.25, -0.2) is 4.98 Å². The van der Waals surface area contributed by atoms with Crippen molar-refractivity contribution in [1.82, 2.24) is 4.98 Å². The molecule has 2 heterocycles. The highest BCUT2D eigenvalue weighted by molar-refractivity contribution is 7.22. The number of nitrogens with one attached hydrogen (secondary N) is 1. The monoisotopic (exact) mass is 410 g/mol. The Kier molecular flexibility index (Phi) is 6.54. The van der Waals surface area contributed by atoms with Crippen LogP contribution >= 0.6 is 11.3 Å². The van der Waals surface area contributed by atoms with Crippen molar-refractivity contribution in [1.29, 1.82) is 0 Å². The van der Waals surface area contributed by atoms with Crippen LogP contribution in [0.5, 0.6) is 0 Å². The highest BCUT2D eigenvalue weighted by Gasteiger charge is 2.23. The zero-order chi connectivity index (χ0) is 20.1. The van der Waals surface area contributed by atoms with Gasteiger partial charge < -0.3 is 9.64 Å². The number of aryl methyl sites for hydroxylation is 2. The molecule has 29 heavy (non-hydrogen) atoms. The van der Waals surface area contributed by atoms with Crippen molar-refractivity contribution in [3.63, 3.8) is 0 Å². The summed E-state index contributed by atoms with van der Waals surface area (Å²) in [5, 5.41) is 0.819. The van der Waals surface area contributed by atoms with Crippen LogP contribution < -0.4 is 9.80 Å². The number of hydrogen-bond donors (Lipinski definition) is 1. The predicted octanol–water partition coefficient (Wildman–Crippen LogP) is 2.49. The molecule has 0 bridgehead atoms. The third-order valence-corrected chi connectivity index (χ3v) is 6.54. The van der Waals surface area contributed by atoms with E-state index in [0.29, 0.717) is 13.0 Å². The molecule has 1 aromatic heterocycles. The Labute approximate surface area is 175 Å². The van der Waals surface area contributed by atoms with E-state index in [9.17, 15) is 4.79 Å². The Balaban J connectivity index is 1.52. The fourth-order valence-electron chi connectivity index (χ4n) is 3.73. The second-order valence-corrected chi connectivity index (χ2v) is 8.57. The summed E-state index contributed by atoms with van der Waals surface area (Å²) in [7, 11) is 0. The molecule has 5 nitrogen and oxygen atoms in total. The molecule has 1 aliphatic heterocycles. The number of thiazole rings is 1. The summed E-state index contributed by atoms with van der Waals surface area (Å²) in [6.45, 7) is 7.31. The van der Waals surface area contributed by atoms with Crippen LogP contribution in [0.4, 0.5) is 5.13 Å². The average molecular weight is 411 g/mol. The molecule has 152 valence electrons. The topological polar surface area (TPSA) is 46.9 Å². The second-order valence-electron chi connectivity index (χ2n) is 7.56. The Morgan fingerprint density at radius 2 is 1.93 bits per heavy atom. The van der Waals surface area contributed by atoms with Crippen LogP contribution in [0.1, 0.15) is 17.5 Å². The summed E-state index contributed by atoms with van der Waals surface area (Å²) in [5.74, 6) is 0.151. The summed E-state index contributed by atoms with van der Waals surface area (Å²) in [6, 6.07) is 16.4. The van der Waals surface area contributed by atoms with Gasteiger partial charge in [-0.3, -0.25) is 9.69 Å². The number of rotatable bonds is 7. The van der Waals surface area contributed by atoms with E-state index in [4.69, 9.17) is 9.72 Å². The molecule has 1 N–H and O–H groups in total. The number of para-hydroxylation sites is 1. The van der Waals surface area contributed by atoms with E-state index in [0.717, 1.165) is 60.2 Å². The molecular weight excluding hydrogens is 382 g/mol. The molecule has 6 heteroatoms. The van der Waals surface area contributed by atoms with Gasteiger partial charge in [0.05, 0.1) is 36.5 Å². The molecule has 0 atom stereocenters. The minimum Gasteiger partial charge on any atom is -0.370 e. The van der Waals surface area contributed by atoms with Gasteiger partial charge in [-0.2, -0.15) is 0 Å². The van der Waals surface area contributed by atoms with E-state index < -0.39 is 0 Å². The quantitative estimate of drug-likeness (QED) is 0.651. The standard InChI is InChI=1S/C23H27N3O2S/c1-18-6-5-9-20-22(18)24-23(29-20)26(13-12-25-14-16-28-17-15-25)21(27)11-10-19-7-3-2-4-8-19/h2-9H,10-17H2,1H3/p+1. The van der Waals surface area contributed by atoms with Gasteiger partial charge >= 0.3 is 0 Å². The second kappa shape index (κ2) is 9.48. The van der Waals surface area contributed by atoms with Gasteiger partial charge in [-0.15, -0.1) is 0 Å². The van der Waals surface area contributed by atoms with Gasteiger partial charge in [0.15, 0.2) is 5.13 Å². The molecular formula is C23H28N3O2S+. The molecule has 0 aliphatic carbocycles. The van der Waals surface area contributed by atoms with Crippen LogP contribution in [0.25, 0.3) is 10.2 Å². The van der Waals surface area contributed by atoms with Crippen LogP contribution in [0.15, 0.2) is 48.5 Å². The first kappa shape index (κ1) is 20.0. The summed E-state index contributed by atoms with van der Waals surface area (Å²) in [6.07, 6.45) is 1.25. The lowest BCUT2D eigenvalue weighted by atomic mass is 10.1. The fraction of sp³-hybridized carbons (Fsp3) is 0.391. The number of carbonyl (C=O) groups excluding carboxylic acids is 1. The van der Waals surface area contributed by atoms with Crippen LogP contribution in [0, 0.1) is 6.92 Å². The number of aromatic nitrogens is 1. The number of nitrogens with zero attached hydrogens (tertiary/aromatic N) is 2. The van der Waals surface area contributed by atoms with Crippen LogP contribution in [-0.4, -0.2) is 50.3 Å². The number of morpholine rings is 1. The van der Waals surface area contributed by atoms with Crippen molar-refractivity contribution in [3.05, 3.63) is 59.7 Å². The largest absolute Gasteiger partial charge is 0.370 e. The third kappa shape index (κ3) is 5.01. The Morgan fingerprint density at radius 3 is 2.69 bits per heavy atom. The smallest absolute Gasteiger partial charge is 0.229 e. The summed E-state index contributed by atoms with van der Waals surface area (Å²) < 4.78 is 6.61. The van der Waals surface area contributed by atoms with E-state index >= 15 is 0 Å². The lowest BCUT2D eigenvalue weighted by Crippen LogP contribution is -3.14. The van der Waals surface area contributed by atoms with Crippen molar-refractivity contribution in [2.24, 2.45) is 0 Å². The molecule has 0 saturated carbocycles. The maximum atomic E-state index is 13.2. The summed E-state index contributed by atoms with van der Waals surface area (Å²) in [5.41, 5.74) is 3.35. The molecule has 3 aromatic rings. The van der Waals surface area contributed by atoms with Gasteiger partial charge in [-0.1, -0.05) is 53.8 Å². The fourth-order valence-corrected chi connectivity index (χ4v) is 4.81. The first-order valence-corrected chi connectivity index (χ1v) is 11.1. The van der Waals surface area contributed by atoms with E-state index in [1.165, 1.54) is 10.5 Å². The molecule has 4 rings (SSSR count). The summed E-state index contributed by atoms with van der Waals surface area (Å²) >= 11 is 1.62. The first-order chi connectivity index (χ1) is 14.2. The van der Waals surface area contributed by atoms with Crippen molar-refractivity contribution >= 4 is 32.6 Å². The first-order valence-electron chi connectivity index (χ1n) is 10.3. The van der Waals surface area contributed by atoms with Crippen molar-refractivity contribution in [2.45, 2.75) is 19.8 Å². The number of quaternary nitrogens is 1. The zero-order valence-electron chi connectivity index (χ0n) is 16.9. The molecule has 1 saturated heterocycles. The minimum absolute atomic E-state index is 0.151. The normalized spacial score (nSPS) is 14.9. The minimum atomic E-state index is 0.151. The lowest BCUT2D eigenvalue weighted by Gasteiger charge is -2.27. The zero-order valence-corrected chi connectivity index (χ0v) is 17.7. The van der Waals surface area contributed by atoms with Crippen molar-refractivity contribution < 1.29 is 14.4 Å². The number of carbonyl (C=O) groups is 1. The van der Waals surface area contributed by atoms with Crippen LogP contribution in [0.3, 0.4) is 0 Å². The molecule has 0 unspecified atom stereocenters. The van der Waals surface area contributed by atoms with E-state index in [1.54, 1.807) is 11.3 Å². The number of fused-ring (bicyclic) bond motifs is 1. The molecule has 2 aromatic carbocycles. The third-order valence-electron chi connectivity index (χ3n) is 5.50. The number of anilines is 1. The van der Waals surface area contributed by atoms with Crippen LogP contribution in [-0.2, 0) is 16.0 Å². The van der Waals surface area contributed by atoms with E-state index in [-0.39, 0.29) is 5.91 Å². The number of benzene rings is 2. The maximum Gasteiger partial charge on any atom is 0.229 e. The SMILES string of the molecule is Cc1cccc2sc(N(CC[NH+]3CCOCC3)C(=O)CCc3ccccc3)nc12. The predicted molar refractivity (Wildman–Crippen MR) is 118 cm³/mol. The number of amides is 1. The lowest BCUT2D eigenvalue weighted by molar-refractivity contribution is -0.906. The van der Waals surface area contributed by atoms with E-state index in [1.807, 2.05) is 23.1 Å². The number of ether oxygens (including phenoxy) is 1. The van der Waals surface area contributed by atoms with Crippen LogP contribution in [0.2, 0.25) is 0 Å². The van der Waals surface area contributed by atoms with Gasteiger partial charge in [0.25, 0.3) is 0 Å². The Hall–Kier alpha value is -2.28. The van der Waals surface area contributed by atoms with Crippen molar-refractivity contribution in [2.75, 3.05) is 44.3 Å². The van der Waals surface area contributed by atoms with E-state index in [2.05, 4.69) is 37.3 Å². The van der Waals surface area contributed by atoms with Crippen molar-refractivity contribution in [3.8, 4) is 0 Å².